The Morgan fingerprint density at radius 1 is 1.53 bits per heavy atom. The van der Waals surface area contributed by atoms with E-state index in [1.165, 1.54) is 5.56 Å². The third kappa shape index (κ3) is 2.02. The van der Waals surface area contributed by atoms with Gasteiger partial charge in [0.1, 0.15) is 0 Å². The van der Waals surface area contributed by atoms with Crippen molar-refractivity contribution in [1.82, 2.24) is 14.9 Å². The van der Waals surface area contributed by atoms with Crippen LogP contribution in [-0.2, 0) is 6.54 Å². The molecule has 2 heterocycles. The molecule has 0 unspecified atom stereocenters. The van der Waals surface area contributed by atoms with E-state index in [0.717, 1.165) is 21.9 Å². The number of pyridine rings is 1. The van der Waals surface area contributed by atoms with Crippen molar-refractivity contribution < 1.29 is 0 Å². The predicted molar refractivity (Wildman–Crippen MR) is 66.2 cm³/mol. The highest BCUT2D eigenvalue weighted by molar-refractivity contribution is 9.10. The van der Waals surface area contributed by atoms with Crippen LogP contribution in [0.1, 0.15) is 5.56 Å². The molecule has 0 fully saturated rings. The molecule has 80 valence electrons. The zero-order valence-electron chi connectivity index (χ0n) is 8.51. The predicted octanol–water partition coefficient (Wildman–Crippen LogP) is 3.04. The Morgan fingerprint density at radius 2 is 2.27 bits per heavy atom. The van der Waals surface area contributed by atoms with Crippen molar-refractivity contribution >= 4 is 38.4 Å². The second kappa shape index (κ2) is 4.12. The minimum Gasteiger partial charge on any atom is -0.358 e. The topological polar surface area (TPSA) is 31.9 Å². The number of nitrogens with zero attached hydrogens (tertiary/aromatic N) is 2. The van der Waals surface area contributed by atoms with Gasteiger partial charge in [-0.1, -0.05) is 11.6 Å². The summed E-state index contributed by atoms with van der Waals surface area (Å²) < 4.78 is 0.972. The molecule has 0 saturated heterocycles. The first-order valence-corrected chi connectivity index (χ1v) is 5.71. The van der Waals surface area contributed by atoms with Crippen LogP contribution in [0.5, 0.6) is 0 Å². The molecule has 0 amide bonds. The Labute approximate surface area is 102 Å². The maximum atomic E-state index is 6.00. The van der Waals surface area contributed by atoms with Crippen LogP contribution < -0.4 is 0 Å². The molecule has 1 N–H and O–H groups in total. The standard InChI is InChI=1S/C10H11BrClN3/c1-15(2)5-6-3-13-9-8(6)7(11)4-14-10(9)12/h3-4,13H,5H2,1-2H3. The third-order valence-electron chi connectivity index (χ3n) is 2.18. The number of rotatable bonds is 2. The second-order valence-electron chi connectivity index (χ2n) is 3.70. The number of halogens is 2. The van der Waals surface area contributed by atoms with Gasteiger partial charge >= 0.3 is 0 Å². The summed E-state index contributed by atoms with van der Waals surface area (Å²) in [5, 5.41) is 1.63. The van der Waals surface area contributed by atoms with Crippen LogP contribution in [0, 0.1) is 0 Å². The molecule has 0 aliphatic heterocycles. The summed E-state index contributed by atoms with van der Waals surface area (Å²) in [6.45, 7) is 0.874. The van der Waals surface area contributed by atoms with Crippen LogP contribution in [0.4, 0.5) is 0 Å². The number of H-pyrrole nitrogens is 1. The lowest BCUT2D eigenvalue weighted by Gasteiger charge is -2.08. The molecule has 0 radical (unpaired) electrons. The summed E-state index contributed by atoms with van der Waals surface area (Å²) in [4.78, 5) is 9.34. The molecule has 0 spiro atoms. The molecule has 0 atom stereocenters. The normalized spacial score (nSPS) is 11.5. The van der Waals surface area contributed by atoms with Crippen molar-refractivity contribution in [2.75, 3.05) is 14.1 Å². The Hall–Kier alpha value is -0.580. The van der Waals surface area contributed by atoms with E-state index in [9.17, 15) is 0 Å². The van der Waals surface area contributed by atoms with Gasteiger partial charge in [-0.15, -0.1) is 0 Å². The molecule has 5 heteroatoms. The van der Waals surface area contributed by atoms with Gasteiger partial charge in [0, 0.05) is 28.8 Å². The SMILES string of the molecule is CN(C)Cc1c[nH]c2c(Cl)ncc(Br)c12. The summed E-state index contributed by atoms with van der Waals surface area (Å²) in [5.41, 5.74) is 2.11. The van der Waals surface area contributed by atoms with Crippen molar-refractivity contribution in [2.24, 2.45) is 0 Å². The molecule has 0 bridgehead atoms. The average Bonchev–Trinajstić information content (AvgIpc) is 2.56. The molecular formula is C10H11BrClN3. The van der Waals surface area contributed by atoms with E-state index in [1.807, 2.05) is 20.3 Å². The summed E-state index contributed by atoms with van der Waals surface area (Å²) >= 11 is 9.49. The largest absolute Gasteiger partial charge is 0.358 e. The van der Waals surface area contributed by atoms with Gasteiger partial charge < -0.3 is 9.88 Å². The zero-order chi connectivity index (χ0) is 11.0. The van der Waals surface area contributed by atoms with E-state index in [4.69, 9.17) is 11.6 Å². The van der Waals surface area contributed by atoms with Gasteiger partial charge in [0.2, 0.25) is 0 Å². The molecular weight excluding hydrogens is 277 g/mol. The lowest BCUT2D eigenvalue weighted by molar-refractivity contribution is 0.404. The molecule has 3 nitrogen and oxygen atoms in total. The Bertz CT molecular complexity index is 493. The third-order valence-corrected chi connectivity index (χ3v) is 3.07. The number of hydrogen-bond acceptors (Lipinski definition) is 2. The molecule has 0 aliphatic rings. The van der Waals surface area contributed by atoms with Gasteiger partial charge in [0.05, 0.1) is 5.52 Å². The molecule has 2 rings (SSSR count). The summed E-state index contributed by atoms with van der Waals surface area (Å²) in [5.74, 6) is 0. The summed E-state index contributed by atoms with van der Waals surface area (Å²) in [7, 11) is 4.07. The highest BCUT2D eigenvalue weighted by Gasteiger charge is 2.11. The molecule has 15 heavy (non-hydrogen) atoms. The van der Waals surface area contributed by atoms with Crippen molar-refractivity contribution in [3.8, 4) is 0 Å². The maximum Gasteiger partial charge on any atom is 0.153 e. The van der Waals surface area contributed by atoms with Crippen LogP contribution in [0.25, 0.3) is 10.9 Å². The average molecular weight is 289 g/mol. The van der Waals surface area contributed by atoms with Crippen molar-refractivity contribution in [1.29, 1.82) is 0 Å². The van der Waals surface area contributed by atoms with Crippen LogP contribution in [0.15, 0.2) is 16.9 Å². The Morgan fingerprint density at radius 3 is 2.93 bits per heavy atom. The number of nitrogens with one attached hydrogen (secondary N) is 1. The number of aromatic amines is 1. The first kappa shape index (κ1) is 10.9. The number of fused-ring (bicyclic) bond motifs is 1. The van der Waals surface area contributed by atoms with Crippen molar-refractivity contribution in [2.45, 2.75) is 6.54 Å². The van der Waals surface area contributed by atoms with Gasteiger partial charge in [-0.2, -0.15) is 0 Å². The van der Waals surface area contributed by atoms with Crippen LogP contribution in [0.2, 0.25) is 5.15 Å². The van der Waals surface area contributed by atoms with Gasteiger partial charge in [-0.25, -0.2) is 4.98 Å². The van der Waals surface area contributed by atoms with Crippen molar-refractivity contribution in [3.63, 3.8) is 0 Å². The molecule has 0 saturated carbocycles. The minimum absolute atomic E-state index is 0.512. The highest BCUT2D eigenvalue weighted by atomic mass is 79.9. The first-order valence-electron chi connectivity index (χ1n) is 4.54. The fraction of sp³-hybridized carbons (Fsp3) is 0.300. The van der Waals surface area contributed by atoms with Crippen LogP contribution in [-0.4, -0.2) is 29.0 Å². The Kier molecular flexibility index (Phi) is 3.00. The van der Waals surface area contributed by atoms with Crippen molar-refractivity contribution in [3.05, 3.63) is 27.6 Å². The van der Waals surface area contributed by atoms with Crippen LogP contribution in [0.3, 0.4) is 0 Å². The van der Waals surface area contributed by atoms with Gasteiger partial charge in [-0.05, 0) is 35.6 Å². The number of hydrogen-bond donors (Lipinski definition) is 1. The maximum absolute atomic E-state index is 6.00. The van der Waals surface area contributed by atoms with Gasteiger partial charge in [-0.3, -0.25) is 0 Å². The van der Waals surface area contributed by atoms with E-state index < -0.39 is 0 Å². The highest BCUT2D eigenvalue weighted by Crippen LogP contribution is 2.30. The van der Waals surface area contributed by atoms with Gasteiger partial charge in [0.15, 0.2) is 5.15 Å². The van der Waals surface area contributed by atoms with E-state index in [-0.39, 0.29) is 0 Å². The monoisotopic (exact) mass is 287 g/mol. The fourth-order valence-corrected chi connectivity index (χ4v) is 2.36. The lowest BCUT2D eigenvalue weighted by atomic mass is 10.2. The Balaban J connectivity index is 2.62. The molecule has 2 aromatic heterocycles. The molecule has 0 aromatic carbocycles. The number of aromatic nitrogens is 2. The minimum atomic E-state index is 0.512. The van der Waals surface area contributed by atoms with E-state index in [0.29, 0.717) is 5.15 Å². The van der Waals surface area contributed by atoms with E-state index in [2.05, 4.69) is 30.8 Å². The smallest absolute Gasteiger partial charge is 0.153 e. The summed E-state index contributed by atoms with van der Waals surface area (Å²) in [6, 6.07) is 0. The lowest BCUT2D eigenvalue weighted by Crippen LogP contribution is -2.10. The summed E-state index contributed by atoms with van der Waals surface area (Å²) in [6.07, 6.45) is 3.71. The quantitative estimate of drug-likeness (QED) is 0.861. The van der Waals surface area contributed by atoms with Gasteiger partial charge in [0.25, 0.3) is 0 Å². The fourth-order valence-electron chi connectivity index (χ4n) is 1.61. The van der Waals surface area contributed by atoms with E-state index in [1.54, 1.807) is 6.20 Å². The van der Waals surface area contributed by atoms with E-state index >= 15 is 0 Å². The van der Waals surface area contributed by atoms with Crippen LogP contribution >= 0.6 is 27.5 Å². The first-order chi connectivity index (χ1) is 7.09. The zero-order valence-corrected chi connectivity index (χ0v) is 10.9. The molecule has 0 aliphatic carbocycles. The second-order valence-corrected chi connectivity index (χ2v) is 4.91. The molecule has 2 aromatic rings.